The highest BCUT2D eigenvalue weighted by Gasteiger charge is 2.64. The van der Waals surface area contributed by atoms with Crippen molar-refractivity contribution in [3.8, 4) is 0 Å². The van der Waals surface area contributed by atoms with Crippen LogP contribution in [0.2, 0.25) is 0 Å². The summed E-state index contributed by atoms with van der Waals surface area (Å²) in [7, 11) is 0. The van der Waals surface area contributed by atoms with E-state index < -0.39 is 35.3 Å². The molecule has 0 unspecified atom stereocenters. The Kier molecular flexibility index (Phi) is 1.82. The molecule has 2 aliphatic heterocycles. The number of fused-ring (bicyclic) bond motifs is 2. The number of hydrogen-bond acceptors (Lipinski definition) is 3. The third kappa shape index (κ3) is 1.19. The second kappa shape index (κ2) is 2.69. The van der Waals surface area contributed by atoms with Crippen LogP contribution in [-0.2, 0) is 4.74 Å². The van der Waals surface area contributed by atoms with Gasteiger partial charge in [-0.05, 0) is 0 Å². The maximum atomic E-state index is 12.4. The molecule has 7 heteroatoms. The molecule has 0 aromatic carbocycles. The molecule has 2 bridgehead atoms. The van der Waals surface area contributed by atoms with Crippen LogP contribution < -0.4 is 0 Å². The maximum Gasteiger partial charge on any atom is 0.401 e. The van der Waals surface area contributed by atoms with Crippen LogP contribution in [-0.4, -0.2) is 29.3 Å². The molecule has 0 amide bonds. The summed E-state index contributed by atoms with van der Waals surface area (Å²) in [4.78, 5) is 9.53. The minimum Gasteiger partial charge on any atom is -0.359 e. The summed E-state index contributed by atoms with van der Waals surface area (Å²) in [6, 6.07) is -1.69. The van der Waals surface area contributed by atoms with Crippen molar-refractivity contribution in [3.63, 3.8) is 0 Å². The van der Waals surface area contributed by atoms with E-state index in [-0.39, 0.29) is 0 Å². The van der Waals surface area contributed by atoms with Crippen molar-refractivity contribution in [2.45, 2.75) is 24.4 Å². The van der Waals surface area contributed by atoms with Gasteiger partial charge in [-0.1, -0.05) is 12.2 Å². The lowest BCUT2D eigenvalue weighted by Gasteiger charge is -2.21. The van der Waals surface area contributed by atoms with Crippen LogP contribution in [0.15, 0.2) is 12.2 Å². The van der Waals surface area contributed by atoms with Gasteiger partial charge in [0.1, 0.15) is 6.10 Å². The van der Waals surface area contributed by atoms with Crippen LogP contribution in [0.1, 0.15) is 0 Å². The van der Waals surface area contributed by atoms with Crippen molar-refractivity contribution in [3.05, 3.63) is 22.3 Å². The Bertz CT molecular complexity index is 301. The fraction of sp³-hybridized carbons (Fsp3) is 0.714. The zero-order valence-corrected chi connectivity index (χ0v) is 6.77. The predicted molar refractivity (Wildman–Crippen MR) is 38.1 cm³/mol. The van der Waals surface area contributed by atoms with Crippen molar-refractivity contribution in [2.75, 3.05) is 0 Å². The van der Waals surface area contributed by atoms with Gasteiger partial charge in [0.15, 0.2) is 5.92 Å². The number of nitro groups is 1. The van der Waals surface area contributed by atoms with Gasteiger partial charge in [-0.25, -0.2) is 0 Å². The molecular formula is C7H6F3NO3. The van der Waals surface area contributed by atoms with Crippen LogP contribution in [0.3, 0.4) is 0 Å². The Labute approximate surface area is 76.5 Å². The zero-order chi connectivity index (χ0) is 10.5. The minimum atomic E-state index is -4.58. The van der Waals surface area contributed by atoms with E-state index in [1.807, 2.05) is 0 Å². The molecule has 0 aromatic heterocycles. The Morgan fingerprint density at radius 1 is 1.29 bits per heavy atom. The standard InChI is InChI=1S/C7H6F3NO3/c8-7(9,10)5-3-1-2-4(14-3)6(5)11(12)13/h1-6H/t3-,4+,5-,6-/m0/s1. The predicted octanol–water partition coefficient (Wildman–Crippen LogP) is 1.15. The van der Waals surface area contributed by atoms with Gasteiger partial charge in [0.05, 0.1) is 6.10 Å². The average molecular weight is 209 g/mol. The lowest BCUT2D eigenvalue weighted by atomic mass is 9.89. The molecule has 14 heavy (non-hydrogen) atoms. The van der Waals surface area contributed by atoms with Crippen LogP contribution in [0.4, 0.5) is 13.2 Å². The zero-order valence-electron chi connectivity index (χ0n) is 6.77. The summed E-state index contributed by atoms with van der Waals surface area (Å²) < 4.78 is 42.0. The summed E-state index contributed by atoms with van der Waals surface area (Å²) in [6.07, 6.45) is -4.23. The van der Waals surface area contributed by atoms with E-state index in [4.69, 9.17) is 4.74 Å². The van der Waals surface area contributed by atoms with Crippen molar-refractivity contribution < 1.29 is 22.8 Å². The van der Waals surface area contributed by atoms with Crippen molar-refractivity contribution in [2.24, 2.45) is 5.92 Å². The molecule has 2 aliphatic rings. The molecular weight excluding hydrogens is 203 g/mol. The van der Waals surface area contributed by atoms with E-state index in [0.717, 1.165) is 0 Å². The lowest BCUT2D eigenvalue weighted by Crippen LogP contribution is -2.44. The molecule has 0 spiro atoms. The Balaban J connectivity index is 2.31. The van der Waals surface area contributed by atoms with E-state index in [9.17, 15) is 23.3 Å². The first-order chi connectivity index (χ1) is 6.41. The van der Waals surface area contributed by atoms with E-state index in [0.29, 0.717) is 0 Å². The highest BCUT2D eigenvalue weighted by Crippen LogP contribution is 2.44. The third-order valence-corrected chi connectivity index (χ3v) is 2.48. The van der Waals surface area contributed by atoms with E-state index in [1.54, 1.807) is 0 Å². The molecule has 1 saturated heterocycles. The van der Waals surface area contributed by atoms with Gasteiger partial charge in [0.2, 0.25) is 0 Å². The number of ether oxygens (including phenoxy) is 1. The molecule has 78 valence electrons. The van der Waals surface area contributed by atoms with Gasteiger partial charge in [-0.2, -0.15) is 13.2 Å². The number of rotatable bonds is 1. The molecule has 1 fully saturated rings. The second-order valence-electron chi connectivity index (χ2n) is 3.29. The van der Waals surface area contributed by atoms with Crippen LogP contribution in [0.25, 0.3) is 0 Å². The Hall–Kier alpha value is -1.11. The normalized spacial score (nSPS) is 40.5. The largest absolute Gasteiger partial charge is 0.401 e. The first-order valence-electron chi connectivity index (χ1n) is 3.95. The van der Waals surface area contributed by atoms with Crippen LogP contribution >= 0.6 is 0 Å². The van der Waals surface area contributed by atoms with Gasteiger partial charge in [0, 0.05) is 4.92 Å². The minimum absolute atomic E-state index is 0.910. The van der Waals surface area contributed by atoms with Gasteiger partial charge in [0.25, 0.3) is 6.04 Å². The summed E-state index contributed by atoms with van der Waals surface area (Å²) in [5.74, 6) is -2.01. The molecule has 0 N–H and O–H groups in total. The van der Waals surface area contributed by atoms with Crippen LogP contribution in [0.5, 0.6) is 0 Å². The molecule has 2 heterocycles. The number of hydrogen-bond donors (Lipinski definition) is 0. The summed E-state index contributed by atoms with van der Waals surface area (Å²) in [5, 5.41) is 10.4. The molecule has 0 radical (unpaired) electrons. The SMILES string of the molecule is O=[N+]([O-])[C@@H]1[C@@H](C(F)(F)F)[C@@H]2C=C[C@H]1O2. The second-order valence-corrected chi connectivity index (χ2v) is 3.29. The molecule has 4 nitrogen and oxygen atoms in total. The van der Waals surface area contributed by atoms with Crippen LogP contribution in [0, 0.1) is 16.0 Å². The number of nitrogens with zero attached hydrogens (tertiary/aromatic N) is 1. The molecule has 0 saturated carbocycles. The van der Waals surface area contributed by atoms with Gasteiger partial charge >= 0.3 is 6.18 Å². The number of alkyl halides is 3. The fourth-order valence-electron chi connectivity index (χ4n) is 1.92. The van der Waals surface area contributed by atoms with Crippen molar-refractivity contribution in [1.82, 2.24) is 0 Å². The Morgan fingerprint density at radius 3 is 2.29 bits per heavy atom. The van der Waals surface area contributed by atoms with E-state index >= 15 is 0 Å². The maximum absolute atomic E-state index is 12.4. The number of halogens is 3. The van der Waals surface area contributed by atoms with Gasteiger partial charge in [-0.3, -0.25) is 10.1 Å². The first-order valence-corrected chi connectivity index (χ1v) is 3.95. The topological polar surface area (TPSA) is 52.4 Å². The van der Waals surface area contributed by atoms with Gasteiger partial charge in [-0.15, -0.1) is 0 Å². The van der Waals surface area contributed by atoms with Crippen molar-refractivity contribution in [1.29, 1.82) is 0 Å². The highest BCUT2D eigenvalue weighted by atomic mass is 19.4. The smallest absolute Gasteiger partial charge is 0.359 e. The highest BCUT2D eigenvalue weighted by molar-refractivity contribution is 5.16. The molecule has 0 aromatic rings. The fourth-order valence-corrected chi connectivity index (χ4v) is 1.92. The van der Waals surface area contributed by atoms with Crippen molar-refractivity contribution >= 4 is 0 Å². The third-order valence-electron chi connectivity index (χ3n) is 2.48. The van der Waals surface area contributed by atoms with E-state index in [2.05, 4.69) is 0 Å². The summed E-state index contributed by atoms with van der Waals surface area (Å²) in [5.41, 5.74) is 0. The van der Waals surface area contributed by atoms with E-state index in [1.165, 1.54) is 12.2 Å². The molecule has 4 atom stereocenters. The molecule has 0 aliphatic carbocycles. The monoisotopic (exact) mass is 209 g/mol. The Morgan fingerprint density at radius 2 is 1.86 bits per heavy atom. The molecule has 2 rings (SSSR count). The quantitative estimate of drug-likeness (QED) is 0.369. The first kappa shape index (κ1) is 9.45. The van der Waals surface area contributed by atoms with Gasteiger partial charge < -0.3 is 4.74 Å². The average Bonchev–Trinajstić information content (AvgIpc) is 2.58. The summed E-state index contributed by atoms with van der Waals surface area (Å²) >= 11 is 0. The summed E-state index contributed by atoms with van der Waals surface area (Å²) in [6.45, 7) is 0. The lowest BCUT2D eigenvalue weighted by molar-refractivity contribution is -0.540.